The van der Waals surface area contributed by atoms with Crippen molar-refractivity contribution < 1.29 is 33.8 Å². The molecule has 2 unspecified atom stereocenters. The molecule has 1 aromatic carbocycles. The molecule has 3 atom stereocenters. The van der Waals surface area contributed by atoms with E-state index >= 15 is 0 Å². The van der Waals surface area contributed by atoms with Gasteiger partial charge in [0.15, 0.2) is 10.8 Å². The number of aromatic amines is 1. The zero-order valence-electron chi connectivity index (χ0n) is 22.6. The molecule has 3 amide bonds. The number of nitrogens with one attached hydrogen (secondary N) is 4. The summed E-state index contributed by atoms with van der Waals surface area (Å²) in [6.07, 6.45) is -0.896. The summed E-state index contributed by atoms with van der Waals surface area (Å²) in [4.78, 5) is 55.3. The third-order valence-electron chi connectivity index (χ3n) is 6.43. The molecular weight excluding hydrogens is 623 g/mol. The van der Waals surface area contributed by atoms with Gasteiger partial charge in [0, 0.05) is 23.9 Å². The van der Waals surface area contributed by atoms with E-state index < -0.39 is 41.3 Å². The van der Waals surface area contributed by atoms with E-state index in [2.05, 4.69) is 31.1 Å². The first-order valence-electron chi connectivity index (χ1n) is 12.5. The highest BCUT2D eigenvalue weighted by atomic mass is 32.2. The van der Waals surface area contributed by atoms with E-state index in [9.17, 15) is 24.3 Å². The number of nitrogens with zero attached hydrogens (tertiary/aromatic N) is 5. The number of H-pyrrole nitrogens is 1. The maximum atomic E-state index is 13.4. The minimum absolute atomic E-state index is 0.0497. The largest absolute Gasteiger partial charge is 0.497 e. The molecule has 0 saturated carbocycles. The number of amides is 3. The second-order valence-corrected chi connectivity index (χ2v) is 12.1. The molecule has 2 aromatic heterocycles. The summed E-state index contributed by atoms with van der Waals surface area (Å²) in [5.41, 5.74) is 1.30. The molecule has 0 spiro atoms. The number of thiazole rings is 1. The molecule has 19 heteroatoms. The Balaban J connectivity index is 1.25. The number of aliphatic carboxylic acids is 1. The zero-order valence-corrected chi connectivity index (χ0v) is 25.0. The molecule has 16 nitrogen and oxygen atoms in total. The third kappa shape index (κ3) is 6.52. The molecular formula is C24H25N9O7S3. The average molecular weight is 648 g/mol. The van der Waals surface area contributed by atoms with Crippen LogP contribution in [0.25, 0.3) is 0 Å². The number of rotatable bonds is 11. The van der Waals surface area contributed by atoms with Crippen LogP contribution < -0.4 is 20.2 Å². The molecule has 0 aliphatic carbocycles. The van der Waals surface area contributed by atoms with Gasteiger partial charge in [-0.3, -0.25) is 19.9 Å². The maximum Gasteiger partial charge on any atom is 0.408 e. The predicted molar refractivity (Wildman–Crippen MR) is 153 cm³/mol. The van der Waals surface area contributed by atoms with Crippen LogP contribution in [0.3, 0.4) is 0 Å². The Morgan fingerprint density at radius 1 is 1.30 bits per heavy atom. The van der Waals surface area contributed by atoms with Gasteiger partial charge in [-0.2, -0.15) is 0 Å². The standard InChI is InChI=1S/C24H25N9O7S3/c1-32-23(29-30-31-32)43-9-12-8-41-20-16(19(35)33(20)17(12)21(36)37)27-18(34)15(14-10-42-22(25)26-14)28-24(38)40-7-11-3-5-13(39-2)6-4-11/h3-6,10,15-16,20H,7-9H2,1-2H3,(H2,25,26)(H,27,34)(H,28,38)(H,36,37)/t15?,16-,20?/m1/s1. The van der Waals surface area contributed by atoms with Crippen LogP contribution in [0.15, 0.2) is 46.1 Å². The van der Waals surface area contributed by atoms with E-state index in [-0.39, 0.29) is 28.6 Å². The van der Waals surface area contributed by atoms with Gasteiger partial charge in [-0.05, 0) is 33.7 Å². The lowest BCUT2D eigenvalue weighted by molar-refractivity contribution is -0.151. The van der Waals surface area contributed by atoms with Crippen LogP contribution in [0.1, 0.15) is 17.3 Å². The number of alkyl carbamates (subject to hydrolysis) is 1. The van der Waals surface area contributed by atoms with Gasteiger partial charge in [0.2, 0.25) is 11.1 Å². The number of thioether (sulfide) groups is 2. The predicted octanol–water partition coefficient (Wildman–Crippen LogP) is 0.586. The summed E-state index contributed by atoms with van der Waals surface area (Å²) in [6, 6.07) is 4.54. The number of benzene rings is 1. The molecule has 43 heavy (non-hydrogen) atoms. The molecule has 226 valence electrons. The van der Waals surface area contributed by atoms with Crippen molar-refractivity contribution in [2.24, 2.45) is 7.05 Å². The van der Waals surface area contributed by atoms with Crippen LogP contribution in [-0.2, 0) is 32.8 Å². The number of carboxylic acid groups (broad SMARTS) is 1. The highest BCUT2D eigenvalue weighted by molar-refractivity contribution is 8.01. The maximum absolute atomic E-state index is 13.4. The molecule has 2 aliphatic heterocycles. The molecule has 5 rings (SSSR count). The second kappa shape index (κ2) is 12.9. The Bertz CT molecular complexity index is 1630. The monoisotopic (exact) mass is 647 g/mol. The topological polar surface area (TPSA) is 218 Å². The molecule has 3 aromatic rings. The Kier molecular flexibility index (Phi) is 9.02. The number of hydrogen-bond donors (Lipinski definition) is 5. The number of carbonyl (C=O) groups excluding carboxylic acids is 3. The van der Waals surface area contributed by atoms with Gasteiger partial charge in [-0.1, -0.05) is 23.9 Å². The van der Waals surface area contributed by atoms with E-state index in [0.29, 0.717) is 27.8 Å². The fraction of sp³-hybridized carbons (Fsp3) is 0.333. The van der Waals surface area contributed by atoms with Crippen molar-refractivity contribution in [2.45, 2.75) is 29.2 Å². The van der Waals surface area contributed by atoms with Crippen molar-refractivity contribution >= 4 is 58.7 Å². The van der Waals surface area contributed by atoms with Gasteiger partial charge >= 0.3 is 12.1 Å². The van der Waals surface area contributed by atoms with Crippen molar-refractivity contribution in [1.29, 1.82) is 5.41 Å². The second-order valence-electron chi connectivity index (χ2n) is 9.17. The highest BCUT2D eigenvalue weighted by Crippen LogP contribution is 2.41. The number of tetrazole rings is 1. The van der Waals surface area contributed by atoms with E-state index in [0.717, 1.165) is 16.2 Å². The zero-order chi connectivity index (χ0) is 30.7. The number of hydrogen-bond acceptors (Lipinski definition) is 13. The molecule has 1 fully saturated rings. The number of fused-ring (bicyclic) bond motifs is 1. The number of carbonyl (C=O) groups is 4. The van der Waals surface area contributed by atoms with E-state index in [1.807, 2.05) is 0 Å². The first-order chi connectivity index (χ1) is 20.7. The number of carboxylic acids is 1. The van der Waals surface area contributed by atoms with E-state index in [4.69, 9.17) is 14.9 Å². The van der Waals surface area contributed by atoms with Crippen molar-refractivity contribution in [2.75, 3.05) is 18.6 Å². The fourth-order valence-corrected chi connectivity index (χ4v) is 7.24. The van der Waals surface area contributed by atoms with Crippen molar-refractivity contribution in [3.63, 3.8) is 0 Å². The van der Waals surface area contributed by atoms with E-state index in [1.165, 1.54) is 40.7 Å². The first kappa shape index (κ1) is 30.1. The number of aryl methyl sites for hydroxylation is 1. The Labute approximate surface area is 255 Å². The lowest BCUT2D eigenvalue weighted by atomic mass is 10.0. The van der Waals surface area contributed by atoms with Crippen molar-refractivity contribution in [3.05, 3.63) is 57.0 Å². The number of ether oxygens (including phenoxy) is 2. The van der Waals surface area contributed by atoms with Gasteiger partial charge in [0.05, 0.1) is 12.8 Å². The molecule has 2 aliphatic rings. The Morgan fingerprint density at radius 2 is 2.07 bits per heavy atom. The lowest BCUT2D eigenvalue weighted by Crippen LogP contribution is -2.71. The van der Waals surface area contributed by atoms with Gasteiger partial charge in [0.25, 0.3) is 5.91 Å². The number of aromatic nitrogens is 5. The van der Waals surface area contributed by atoms with Crippen molar-refractivity contribution in [1.82, 2.24) is 40.7 Å². The molecule has 0 bridgehead atoms. The van der Waals surface area contributed by atoms with Crippen molar-refractivity contribution in [3.8, 4) is 5.75 Å². The van der Waals surface area contributed by atoms with Crippen LogP contribution >= 0.6 is 34.9 Å². The van der Waals surface area contributed by atoms with Gasteiger partial charge in [0.1, 0.15) is 29.5 Å². The quantitative estimate of drug-likeness (QED) is 0.143. The van der Waals surface area contributed by atoms with Crippen LogP contribution in [-0.4, -0.2) is 89.1 Å². The summed E-state index contributed by atoms with van der Waals surface area (Å²) in [6.45, 7) is -0.0753. The highest BCUT2D eigenvalue weighted by Gasteiger charge is 2.54. The fourth-order valence-electron chi connectivity index (χ4n) is 4.29. The summed E-state index contributed by atoms with van der Waals surface area (Å²) in [5, 5.41) is 35.4. The summed E-state index contributed by atoms with van der Waals surface area (Å²) in [5.74, 6) is -1.38. The normalized spacial score (nSPS) is 18.4. The van der Waals surface area contributed by atoms with E-state index in [1.54, 1.807) is 31.3 Å². The van der Waals surface area contributed by atoms with Gasteiger partial charge in [-0.15, -0.1) is 28.2 Å². The minimum Gasteiger partial charge on any atom is -0.497 e. The minimum atomic E-state index is -1.31. The van der Waals surface area contributed by atoms with Crippen LogP contribution in [0, 0.1) is 5.41 Å². The molecule has 1 saturated heterocycles. The first-order valence-corrected chi connectivity index (χ1v) is 15.4. The SMILES string of the molecule is COc1ccc(COC(=O)NC(C(=O)N[C@@H]2C(=O)N3C(C(=O)O)=C(CSc4nnnn4C)CSC23)c2csc(=N)[nH]2)cc1. The van der Waals surface area contributed by atoms with Gasteiger partial charge < -0.3 is 30.2 Å². The third-order valence-corrected chi connectivity index (χ3v) is 9.58. The summed E-state index contributed by atoms with van der Waals surface area (Å²) < 4.78 is 11.8. The summed E-state index contributed by atoms with van der Waals surface area (Å²) >= 11 is 3.57. The number of methoxy groups -OCH3 is 1. The molecule has 5 N–H and O–H groups in total. The van der Waals surface area contributed by atoms with Crippen LogP contribution in [0.2, 0.25) is 0 Å². The summed E-state index contributed by atoms with van der Waals surface area (Å²) in [7, 11) is 3.20. The smallest absolute Gasteiger partial charge is 0.408 e. The van der Waals surface area contributed by atoms with Crippen LogP contribution in [0.4, 0.5) is 4.79 Å². The van der Waals surface area contributed by atoms with Gasteiger partial charge in [-0.25, -0.2) is 14.3 Å². The average Bonchev–Trinajstić information content (AvgIpc) is 3.63. The number of β-lactam (4-membered cyclic amide) rings is 1. The van der Waals surface area contributed by atoms with Crippen LogP contribution in [0.5, 0.6) is 5.75 Å². The Hall–Kier alpha value is -4.36. The Morgan fingerprint density at radius 3 is 2.70 bits per heavy atom. The molecule has 4 heterocycles. The molecule has 0 radical (unpaired) electrons. The lowest BCUT2D eigenvalue weighted by Gasteiger charge is -2.49.